The Balaban J connectivity index is 1.32. The molecule has 0 aliphatic carbocycles. The highest BCUT2D eigenvalue weighted by molar-refractivity contribution is 7.21. The first-order valence-electron chi connectivity index (χ1n) is 11.0. The van der Waals surface area contributed by atoms with E-state index in [9.17, 15) is 9.59 Å². The number of pyridine rings is 1. The lowest BCUT2D eigenvalue weighted by Gasteiger charge is -2.05. The Morgan fingerprint density at radius 3 is 2.61 bits per heavy atom. The molecule has 0 saturated carbocycles. The van der Waals surface area contributed by atoms with E-state index < -0.39 is 0 Å². The second-order valence-corrected chi connectivity index (χ2v) is 9.85. The van der Waals surface area contributed by atoms with Gasteiger partial charge in [0.1, 0.15) is 15.5 Å². The van der Waals surface area contributed by atoms with Crippen molar-refractivity contribution in [3.63, 3.8) is 0 Å². The van der Waals surface area contributed by atoms with Crippen LogP contribution >= 0.6 is 22.7 Å². The number of hydrogen-bond acceptors (Lipinski definition) is 7. The second kappa shape index (κ2) is 10.2. The fourth-order valence-corrected chi connectivity index (χ4v) is 5.26. The first-order valence-corrected chi connectivity index (χ1v) is 12.7. The largest absolute Gasteiger partial charge is 0.497 e. The third kappa shape index (κ3) is 4.91. The Morgan fingerprint density at radius 2 is 1.86 bits per heavy atom. The SMILES string of the molecule is COc1cccc(-c2ccc3c(N)c(C(=O)Nc4ccc(C(=O)/C=C/c5cccs5)cc4)sc3n2)c1. The normalized spacial score (nSPS) is 11.1. The molecule has 0 radical (unpaired) electrons. The van der Waals surface area contributed by atoms with Crippen molar-refractivity contribution in [2.45, 2.75) is 0 Å². The molecule has 0 spiro atoms. The number of thiophene rings is 2. The van der Waals surface area contributed by atoms with E-state index in [1.807, 2.05) is 53.9 Å². The van der Waals surface area contributed by atoms with Gasteiger partial charge in [0.15, 0.2) is 5.78 Å². The predicted molar refractivity (Wildman–Crippen MR) is 148 cm³/mol. The molecule has 0 aliphatic heterocycles. The number of fused-ring (bicyclic) bond motifs is 1. The lowest BCUT2D eigenvalue weighted by Crippen LogP contribution is -2.12. The number of aromatic nitrogens is 1. The average molecular weight is 512 g/mol. The molecule has 36 heavy (non-hydrogen) atoms. The summed E-state index contributed by atoms with van der Waals surface area (Å²) < 4.78 is 5.30. The van der Waals surface area contributed by atoms with Gasteiger partial charge in [-0.2, -0.15) is 0 Å². The van der Waals surface area contributed by atoms with Gasteiger partial charge >= 0.3 is 0 Å². The number of nitrogen functional groups attached to an aromatic ring is 1. The summed E-state index contributed by atoms with van der Waals surface area (Å²) in [5.41, 5.74) is 9.48. The maximum atomic E-state index is 13.0. The minimum absolute atomic E-state index is 0.104. The van der Waals surface area contributed by atoms with Crippen LogP contribution in [0.2, 0.25) is 0 Å². The molecular formula is C28H21N3O3S2. The summed E-state index contributed by atoms with van der Waals surface area (Å²) in [7, 11) is 1.62. The molecular weight excluding hydrogens is 490 g/mol. The number of nitrogens with one attached hydrogen (secondary N) is 1. The summed E-state index contributed by atoms with van der Waals surface area (Å²) in [4.78, 5) is 32.2. The third-order valence-electron chi connectivity index (χ3n) is 5.53. The number of carbonyl (C=O) groups excluding carboxylic acids is 2. The first-order chi connectivity index (χ1) is 17.5. The van der Waals surface area contributed by atoms with E-state index >= 15 is 0 Å². The number of anilines is 2. The monoisotopic (exact) mass is 511 g/mol. The summed E-state index contributed by atoms with van der Waals surface area (Å²) in [6.07, 6.45) is 3.34. The number of ketones is 1. The predicted octanol–water partition coefficient (Wildman–Crippen LogP) is 6.76. The van der Waals surface area contributed by atoms with E-state index in [4.69, 9.17) is 15.5 Å². The molecule has 0 atom stereocenters. The minimum Gasteiger partial charge on any atom is -0.497 e. The second-order valence-electron chi connectivity index (χ2n) is 7.87. The van der Waals surface area contributed by atoms with Gasteiger partial charge in [-0.3, -0.25) is 9.59 Å². The molecule has 5 aromatic rings. The first kappa shape index (κ1) is 23.5. The van der Waals surface area contributed by atoms with Crippen molar-refractivity contribution in [1.82, 2.24) is 4.98 Å². The van der Waals surface area contributed by atoms with E-state index in [2.05, 4.69) is 5.32 Å². The van der Waals surface area contributed by atoms with Crippen LogP contribution in [0, 0.1) is 0 Å². The average Bonchev–Trinajstić information content (AvgIpc) is 3.55. The Kier molecular flexibility index (Phi) is 6.62. The van der Waals surface area contributed by atoms with Crippen LogP contribution in [0.4, 0.5) is 11.4 Å². The van der Waals surface area contributed by atoms with Gasteiger partial charge in [0.2, 0.25) is 0 Å². The quantitative estimate of drug-likeness (QED) is 0.186. The van der Waals surface area contributed by atoms with Gasteiger partial charge in [0.05, 0.1) is 18.5 Å². The Labute approximate surface area is 215 Å². The van der Waals surface area contributed by atoms with Gasteiger partial charge in [-0.25, -0.2) is 4.98 Å². The van der Waals surface area contributed by atoms with Crippen molar-refractivity contribution >= 4 is 62.0 Å². The van der Waals surface area contributed by atoms with Crippen molar-refractivity contribution in [2.75, 3.05) is 18.2 Å². The fourth-order valence-electron chi connectivity index (χ4n) is 3.65. The number of allylic oxidation sites excluding steroid dienone is 1. The van der Waals surface area contributed by atoms with Gasteiger partial charge in [-0.05, 0) is 72.1 Å². The molecule has 8 heteroatoms. The summed E-state index contributed by atoms with van der Waals surface area (Å²) in [5, 5.41) is 5.55. The summed E-state index contributed by atoms with van der Waals surface area (Å²) in [6, 6.07) is 22.1. The van der Waals surface area contributed by atoms with Crippen molar-refractivity contribution in [1.29, 1.82) is 0 Å². The number of ether oxygens (including phenoxy) is 1. The van der Waals surface area contributed by atoms with E-state index in [0.29, 0.717) is 26.6 Å². The van der Waals surface area contributed by atoms with E-state index in [-0.39, 0.29) is 11.7 Å². The summed E-state index contributed by atoms with van der Waals surface area (Å²) in [6.45, 7) is 0. The van der Waals surface area contributed by atoms with Crippen LogP contribution in [0.3, 0.4) is 0 Å². The van der Waals surface area contributed by atoms with Crippen LogP contribution in [0.25, 0.3) is 27.6 Å². The molecule has 5 rings (SSSR count). The molecule has 3 N–H and O–H groups in total. The zero-order valence-electron chi connectivity index (χ0n) is 19.2. The molecule has 6 nitrogen and oxygen atoms in total. The van der Waals surface area contributed by atoms with Crippen molar-refractivity contribution in [2.24, 2.45) is 0 Å². The standard InChI is InChI=1S/C28H21N3O3S2/c1-34-20-5-2-4-18(16-20)23-13-12-22-25(29)26(36-28(22)31-23)27(33)30-19-9-7-17(8-10-19)24(32)14-11-21-6-3-15-35-21/h2-16H,29H2,1H3,(H,30,33)/b14-11+. The number of methoxy groups -OCH3 is 1. The van der Waals surface area contributed by atoms with E-state index in [1.54, 1.807) is 54.9 Å². The van der Waals surface area contributed by atoms with Gasteiger partial charge in [0.25, 0.3) is 5.91 Å². The number of hydrogen-bond donors (Lipinski definition) is 2. The van der Waals surface area contributed by atoms with E-state index in [1.165, 1.54) is 11.3 Å². The lowest BCUT2D eigenvalue weighted by molar-refractivity contribution is 0.102. The molecule has 0 bridgehead atoms. The summed E-state index contributed by atoms with van der Waals surface area (Å²) >= 11 is 2.81. The van der Waals surface area contributed by atoms with Crippen LogP contribution in [-0.2, 0) is 0 Å². The molecule has 178 valence electrons. The van der Waals surface area contributed by atoms with Crippen LogP contribution in [-0.4, -0.2) is 23.8 Å². The van der Waals surface area contributed by atoms with Crippen LogP contribution in [0.5, 0.6) is 5.75 Å². The van der Waals surface area contributed by atoms with Gasteiger partial charge in [-0.1, -0.05) is 18.2 Å². The third-order valence-corrected chi connectivity index (χ3v) is 7.49. The Hall–Kier alpha value is -4.27. The molecule has 0 unspecified atom stereocenters. The van der Waals surface area contributed by atoms with E-state index in [0.717, 1.165) is 27.3 Å². The Morgan fingerprint density at radius 1 is 1.03 bits per heavy atom. The summed E-state index contributed by atoms with van der Waals surface area (Å²) in [5.74, 6) is 0.314. The van der Waals surface area contributed by atoms with Crippen molar-refractivity contribution < 1.29 is 14.3 Å². The van der Waals surface area contributed by atoms with Crippen molar-refractivity contribution in [3.8, 4) is 17.0 Å². The zero-order chi connectivity index (χ0) is 25.1. The maximum absolute atomic E-state index is 13.0. The highest BCUT2D eigenvalue weighted by atomic mass is 32.1. The molecule has 2 aromatic carbocycles. The smallest absolute Gasteiger partial charge is 0.267 e. The highest BCUT2D eigenvalue weighted by Crippen LogP contribution is 2.35. The fraction of sp³-hybridized carbons (Fsp3) is 0.0357. The number of nitrogens with two attached hydrogens (primary N) is 1. The molecule has 3 heterocycles. The van der Waals surface area contributed by atoms with Gasteiger partial charge in [0, 0.05) is 27.1 Å². The van der Waals surface area contributed by atoms with Crippen molar-refractivity contribution in [3.05, 3.63) is 99.6 Å². The van der Waals surface area contributed by atoms with Crippen LogP contribution in [0.15, 0.2) is 84.3 Å². The molecule has 1 amide bonds. The van der Waals surface area contributed by atoms with Gasteiger partial charge < -0.3 is 15.8 Å². The number of benzene rings is 2. The minimum atomic E-state index is -0.324. The highest BCUT2D eigenvalue weighted by Gasteiger charge is 2.18. The number of nitrogens with zero attached hydrogens (tertiary/aromatic N) is 1. The molecule has 3 aromatic heterocycles. The number of carbonyl (C=O) groups is 2. The topological polar surface area (TPSA) is 94.3 Å². The number of amides is 1. The molecule has 0 saturated heterocycles. The maximum Gasteiger partial charge on any atom is 0.267 e. The van der Waals surface area contributed by atoms with Gasteiger partial charge in [-0.15, -0.1) is 22.7 Å². The lowest BCUT2D eigenvalue weighted by atomic mass is 10.1. The Bertz CT molecular complexity index is 1590. The number of rotatable bonds is 7. The molecule has 0 aliphatic rings. The zero-order valence-corrected chi connectivity index (χ0v) is 20.9. The molecule has 0 fully saturated rings. The van der Waals surface area contributed by atoms with Crippen LogP contribution in [0.1, 0.15) is 24.9 Å². The van der Waals surface area contributed by atoms with Crippen LogP contribution < -0.4 is 15.8 Å².